The second kappa shape index (κ2) is 8.47. The number of hydrogen-bond acceptors (Lipinski definition) is 4. The van der Waals surface area contributed by atoms with Crippen LogP contribution in [-0.4, -0.2) is 26.7 Å². The molecule has 0 saturated carbocycles. The fourth-order valence-corrected chi connectivity index (χ4v) is 3.96. The van der Waals surface area contributed by atoms with Gasteiger partial charge in [0.15, 0.2) is 11.3 Å². The van der Waals surface area contributed by atoms with Gasteiger partial charge in [-0.2, -0.15) is 27.1 Å². The number of carbonyl (C=O) groups excluding carboxylic acids is 1. The van der Waals surface area contributed by atoms with Gasteiger partial charge in [0.2, 0.25) is 0 Å². The van der Waals surface area contributed by atoms with Crippen molar-refractivity contribution in [2.45, 2.75) is 28.8 Å². The number of aromatic nitrogens is 3. The van der Waals surface area contributed by atoms with E-state index < -0.39 is 23.7 Å². The fourth-order valence-electron chi connectivity index (χ4n) is 3.04. The highest BCUT2D eigenvalue weighted by Gasteiger charge is 2.60. The van der Waals surface area contributed by atoms with Crippen LogP contribution in [0.2, 0.25) is 0 Å². The van der Waals surface area contributed by atoms with Gasteiger partial charge < -0.3 is 5.32 Å². The van der Waals surface area contributed by atoms with Gasteiger partial charge >= 0.3 is 12.1 Å². The van der Waals surface area contributed by atoms with Crippen LogP contribution < -0.4 is 5.32 Å². The zero-order valence-corrected chi connectivity index (χ0v) is 17.7. The number of rotatable bonds is 5. The Morgan fingerprint density at radius 2 is 1.64 bits per heavy atom. The van der Waals surface area contributed by atoms with E-state index in [2.05, 4.69) is 15.4 Å². The molecule has 33 heavy (non-hydrogen) atoms. The van der Waals surface area contributed by atoms with E-state index >= 15 is 0 Å². The van der Waals surface area contributed by atoms with Gasteiger partial charge in [0.05, 0.1) is 5.69 Å². The molecule has 2 aromatic carbocycles. The van der Waals surface area contributed by atoms with Crippen LogP contribution in [0.25, 0.3) is 5.65 Å². The molecule has 5 nitrogen and oxygen atoms in total. The predicted octanol–water partition coefficient (Wildman–Crippen LogP) is 6.10. The lowest BCUT2D eigenvalue weighted by atomic mass is 10.2. The van der Waals surface area contributed by atoms with E-state index in [4.69, 9.17) is 0 Å². The summed E-state index contributed by atoms with van der Waals surface area (Å²) in [5.41, 5.74) is -1.72. The molecule has 0 aliphatic carbocycles. The number of alkyl halides is 5. The maximum Gasteiger partial charge on any atom is 0.459 e. The van der Waals surface area contributed by atoms with Crippen LogP contribution >= 0.6 is 11.8 Å². The van der Waals surface area contributed by atoms with Crippen molar-refractivity contribution in [1.29, 1.82) is 0 Å². The average molecular weight is 478 g/mol. The molecule has 0 saturated heterocycles. The molecule has 0 bridgehead atoms. The first-order chi connectivity index (χ1) is 15.6. The molecule has 0 unspecified atom stereocenters. The van der Waals surface area contributed by atoms with E-state index in [1.807, 2.05) is 30.3 Å². The van der Waals surface area contributed by atoms with Gasteiger partial charge in [0, 0.05) is 21.6 Å². The number of nitrogens with one attached hydrogen (secondary N) is 1. The van der Waals surface area contributed by atoms with E-state index in [9.17, 15) is 26.7 Å². The van der Waals surface area contributed by atoms with Gasteiger partial charge in [-0.3, -0.25) is 4.79 Å². The van der Waals surface area contributed by atoms with Crippen LogP contribution in [0.3, 0.4) is 0 Å². The van der Waals surface area contributed by atoms with Crippen LogP contribution in [0.1, 0.15) is 21.9 Å². The van der Waals surface area contributed by atoms with E-state index in [0.29, 0.717) is 21.2 Å². The van der Waals surface area contributed by atoms with Crippen molar-refractivity contribution < 1.29 is 26.7 Å². The Morgan fingerprint density at radius 3 is 2.33 bits per heavy atom. The first-order valence-corrected chi connectivity index (χ1v) is 10.3. The number of amides is 1. The molecule has 1 amide bonds. The van der Waals surface area contributed by atoms with E-state index in [1.54, 1.807) is 24.3 Å². The van der Waals surface area contributed by atoms with Crippen LogP contribution in [0.15, 0.2) is 76.5 Å². The summed E-state index contributed by atoms with van der Waals surface area (Å²) in [5.74, 6) is -5.96. The second-order valence-corrected chi connectivity index (χ2v) is 8.14. The van der Waals surface area contributed by atoms with E-state index in [0.717, 1.165) is 11.0 Å². The Balaban J connectivity index is 1.68. The standard InChI is InChI=1S/C22H15F5N4OS/c1-13-11-18(21(23,24)22(25,26)27)31-19(28-13)12-16(30-31)20(32)29-15-9-5-6-10-17(15)33-14-7-3-2-4-8-14/h2-12H,1H3,(H,29,32). The minimum absolute atomic E-state index is 0.0714. The van der Waals surface area contributed by atoms with Gasteiger partial charge in [-0.15, -0.1) is 0 Å². The van der Waals surface area contributed by atoms with Crippen molar-refractivity contribution in [1.82, 2.24) is 14.6 Å². The minimum atomic E-state index is -5.84. The third-order valence-electron chi connectivity index (χ3n) is 4.57. The molecule has 0 aliphatic heterocycles. The average Bonchev–Trinajstić information content (AvgIpc) is 3.18. The van der Waals surface area contributed by atoms with Crippen LogP contribution in [0.4, 0.5) is 27.6 Å². The van der Waals surface area contributed by atoms with Gasteiger partial charge in [-0.05, 0) is 37.3 Å². The Bertz CT molecular complexity index is 1320. The summed E-state index contributed by atoms with van der Waals surface area (Å²) in [6.45, 7) is 1.28. The third-order valence-corrected chi connectivity index (χ3v) is 5.66. The first-order valence-electron chi connectivity index (χ1n) is 9.52. The zero-order valence-electron chi connectivity index (χ0n) is 16.9. The second-order valence-electron chi connectivity index (χ2n) is 7.02. The Labute approximate surface area is 188 Å². The number of halogens is 5. The monoisotopic (exact) mass is 478 g/mol. The highest BCUT2D eigenvalue weighted by atomic mass is 32.2. The molecule has 0 aliphatic rings. The largest absolute Gasteiger partial charge is 0.459 e. The Hall–Kier alpha value is -3.47. The molecule has 2 heterocycles. The molecule has 0 radical (unpaired) electrons. The molecule has 1 N–H and O–H groups in total. The fraction of sp³-hybridized carbons (Fsp3) is 0.136. The number of anilines is 1. The number of hydrogen-bond donors (Lipinski definition) is 1. The molecule has 0 spiro atoms. The van der Waals surface area contributed by atoms with Gasteiger partial charge in [0.1, 0.15) is 5.69 Å². The molecular formula is C22H15F5N4OS. The number of aryl methyl sites for hydroxylation is 1. The topological polar surface area (TPSA) is 59.3 Å². The molecule has 170 valence electrons. The smallest absolute Gasteiger partial charge is 0.320 e. The summed E-state index contributed by atoms with van der Waals surface area (Å²) >= 11 is 1.39. The van der Waals surface area contributed by atoms with Crippen molar-refractivity contribution in [3.63, 3.8) is 0 Å². The summed E-state index contributed by atoms with van der Waals surface area (Å²) in [7, 11) is 0. The third kappa shape index (κ3) is 4.54. The number of carbonyl (C=O) groups is 1. The SMILES string of the molecule is Cc1cc(C(F)(F)C(F)(F)F)n2nc(C(=O)Nc3ccccc3Sc3ccccc3)cc2n1. The van der Waals surface area contributed by atoms with Crippen LogP contribution in [0, 0.1) is 6.92 Å². The highest BCUT2D eigenvalue weighted by Crippen LogP contribution is 2.44. The van der Waals surface area contributed by atoms with Crippen molar-refractivity contribution in [2.75, 3.05) is 5.32 Å². The van der Waals surface area contributed by atoms with Gasteiger partial charge in [-0.25, -0.2) is 9.50 Å². The molecule has 0 fully saturated rings. The van der Waals surface area contributed by atoms with Crippen molar-refractivity contribution in [3.05, 3.63) is 83.8 Å². The Morgan fingerprint density at radius 1 is 0.970 bits per heavy atom. The zero-order chi connectivity index (χ0) is 23.8. The molecule has 2 aromatic heterocycles. The summed E-state index contributed by atoms with van der Waals surface area (Å²) in [6.07, 6.45) is -5.84. The molecule has 0 atom stereocenters. The number of nitrogens with zero attached hydrogens (tertiary/aromatic N) is 3. The lowest BCUT2D eigenvalue weighted by molar-refractivity contribution is -0.291. The van der Waals surface area contributed by atoms with Gasteiger partial charge in [-0.1, -0.05) is 42.1 Å². The summed E-state index contributed by atoms with van der Waals surface area (Å²) in [6, 6.07) is 17.9. The van der Waals surface area contributed by atoms with Crippen LogP contribution in [-0.2, 0) is 5.92 Å². The number of para-hydroxylation sites is 1. The lowest BCUT2D eigenvalue weighted by Gasteiger charge is -2.20. The number of benzene rings is 2. The van der Waals surface area contributed by atoms with Crippen LogP contribution in [0.5, 0.6) is 0 Å². The molecular weight excluding hydrogens is 463 g/mol. The number of fused-ring (bicyclic) bond motifs is 1. The summed E-state index contributed by atoms with van der Waals surface area (Å²) in [4.78, 5) is 18.4. The summed E-state index contributed by atoms with van der Waals surface area (Å²) < 4.78 is 67.4. The van der Waals surface area contributed by atoms with E-state index in [-0.39, 0.29) is 17.0 Å². The van der Waals surface area contributed by atoms with Crippen molar-refractivity contribution in [2.24, 2.45) is 0 Å². The predicted molar refractivity (Wildman–Crippen MR) is 113 cm³/mol. The maximum absolute atomic E-state index is 14.1. The minimum Gasteiger partial charge on any atom is -0.320 e. The van der Waals surface area contributed by atoms with E-state index in [1.165, 1.54) is 18.7 Å². The van der Waals surface area contributed by atoms with Gasteiger partial charge in [0.25, 0.3) is 5.91 Å². The summed E-state index contributed by atoms with van der Waals surface area (Å²) in [5, 5.41) is 6.34. The molecule has 4 aromatic rings. The Kier molecular flexibility index (Phi) is 5.83. The highest BCUT2D eigenvalue weighted by molar-refractivity contribution is 7.99. The quantitative estimate of drug-likeness (QED) is 0.353. The van der Waals surface area contributed by atoms with Crippen molar-refractivity contribution in [3.8, 4) is 0 Å². The normalized spacial score (nSPS) is 12.2. The van der Waals surface area contributed by atoms with Crippen molar-refractivity contribution >= 4 is 29.0 Å². The first kappa shape index (κ1) is 22.7. The molecule has 11 heteroatoms. The molecule has 4 rings (SSSR count). The lowest BCUT2D eigenvalue weighted by Crippen LogP contribution is -2.36. The maximum atomic E-state index is 14.1.